The van der Waals surface area contributed by atoms with Gasteiger partial charge in [-0.25, -0.2) is 0 Å². The molecule has 0 spiro atoms. The van der Waals surface area contributed by atoms with Crippen LogP contribution in [0.4, 0.5) is 5.69 Å². The molecule has 0 bridgehead atoms. The van der Waals surface area contributed by atoms with E-state index >= 15 is 0 Å². The zero-order chi connectivity index (χ0) is 16.7. The van der Waals surface area contributed by atoms with Gasteiger partial charge in [-0.05, 0) is 26.0 Å². The molecule has 1 aliphatic heterocycles. The predicted molar refractivity (Wildman–Crippen MR) is 80.2 cm³/mol. The first-order chi connectivity index (χ1) is 10.9. The van der Waals surface area contributed by atoms with Crippen LogP contribution in [-0.2, 0) is 6.54 Å². The highest BCUT2D eigenvalue weighted by atomic mass is 16.6. The summed E-state index contributed by atoms with van der Waals surface area (Å²) in [4.78, 5) is 36.2. The lowest BCUT2D eigenvalue weighted by atomic mass is 10.1. The van der Waals surface area contributed by atoms with Crippen molar-refractivity contribution >= 4 is 17.5 Å². The summed E-state index contributed by atoms with van der Waals surface area (Å²) >= 11 is 0. The van der Waals surface area contributed by atoms with E-state index in [9.17, 15) is 19.7 Å². The number of carbonyl (C=O) groups excluding carboxylic acids is 2. The van der Waals surface area contributed by atoms with Gasteiger partial charge in [0, 0.05) is 6.54 Å². The molecule has 0 unspecified atom stereocenters. The Bertz CT molecular complexity index is 805. The molecular weight excluding hydrogens is 300 g/mol. The molecule has 0 aliphatic carbocycles. The maximum atomic E-state index is 12.3. The number of aromatic nitrogens is 2. The van der Waals surface area contributed by atoms with Crippen molar-refractivity contribution < 1.29 is 14.5 Å². The predicted octanol–water partition coefficient (Wildman–Crippen LogP) is 1.70. The average Bonchev–Trinajstić information content (AvgIpc) is 2.93. The highest BCUT2D eigenvalue weighted by Gasteiger charge is 2.35. The first kappa shape index (κ1) is 14.9. The second-order valence-electron chi connectivity index (χ2n) is 5.31. The summed E-state index contributed by atoms with van der Waals surface area (Å²) in [7, 11) is 0. The number of aryl methyl sites for hydroxylation is 1. The Labute approximate surface area is 131 Å². The van der Waals surface area contributed by atoms with Gasteiger partial charge in [-0.15, -0.1) is 0 Å². The Morgan fingerprint density at radius 2 is 1.65 bits per heavy atom. The van der Waals surface area contributed by atoms with E-state index in [0.29, 0.717) is 22.5 Å². The minimum absolute atomic E-state index is 0.0349. The number of rotatable bonds is 4. The summed E-state index contributed by atoms with van der Waals surface area (Å²) in [5.74, 6) is -0.691. The first-order valence-corrected chi connectivity index (χ1v) is 7.05. The Balaban J connectivity index is 1.81. The third kappa shape index (κ3) is 2.28. The Morgan fingerprint density at radius 3 is 2.13 bits per heavy atom. The van der Waals surface area contributed by atoms with E-state index in [1.807, 2.05) is 0 Å². The highest BCUT2D eigenvalue weighted by Crippen LogP contribution is 2.24. The number of fused-ring (bicyclic) bond motifs is 1. The van der Waals surface area contributed by atoms with Crippen LogP contribution in [0.2, 0.25) is 0 Å². The first-order valence-electron chi connectivity index (χ1n) is 7.05. The summed E-state index contributed by atoms with van der Waals surface area (Å²) in [6.07, 6.45) is 0. The van der Waals surface area contributed by atoms with Crippen LogP contribution in [0.3, 0.4) is 0 Å². The number of imide groups is 1. The number of nitrogens with zero attached hydrogens (tertiary/aromatic N) is 4. The molecule has 118 valence electrons. The topological polar surface area (TPSA) is 98.3 Å². The third-order valence-electron chi connectivity index (χ3n) is 3.94. The number of nitro groups is 1. The monoisotopic (exact) mass is 314 g/mol. The maximum absolute atomic E-state index is 12.3. The van der Waals surface area contributed by atoms with Gasteiger partial charge in [-0.2, -0.15) is 5.10 Å². The third-order valence-corrected chi connectivity index (χ3v) is 3.94. The largest absolute Gasteiger partial charge is 0.312 e. The van der Waals surface area contributed by atoms with Crippen LogP contribution in [0.5, 0.6) is 0 Å². The van der Waals surface area contributed by atoms with Crippen molar-refractivity contribution in [3.05, 3.63) is 56.9 Å². The molecule has 0 atom stereocenters. The Kier molecular flexibility index (Phi) is 3.44. The van der Waals surface area contributed by atoms with Crippen molar-refractivity contribution in [2.45, 2.75) is 20.4 Å². The van der Waals surface area contributed by atoms with Gasteiger partial charge in [0.15, 0.2) is 0 Å². The van der Waals surface area contributed by atoms with Crippen molar-refractivity contribution in [3.8, 4) is 0 Å². The smallest absolute Gasteiger partial charge is 0.272 e. The maximum Gasteiger partial charge on any atom is 0.312 e. The SMILES string of the molecule is Cc1nn(CCN2C(=O)c3ccccc3C2=O)c(C)c1[N+](=O)[O-]. The van der Waals surface area contributed by atoms with Crippen LogP contribution in [0.1, 0.15) is 32.1 Å². The molecule has 1 aromatic heterocycles. The van der Waals surface area contributed by atoms with Crippen molar-refractivity contribution in [1.82, 2.24) is 14.7 Å². The lowest BCUT2D eigenvalue weighted by Gasteiger charge is -2.14. The molecule has 1 aliphatic rings. The number of amides is 2. The van der Waals surface area contributed by atoms with Crippen LogP contribution in [0, 0.1) is 24.0 Å². The van der Waals surface area contributed by atoms with E-state index in [1.54, 1.807) is 38.1 Å². The van der Waals surface area contributed by atoms with E-state index in [4.69, 9.17) is 0 Å². The second kappa shape index (κ2) is 5.31. The number of hydrogen-bond acceptors (Lipinski definition) is 5. The molecule has 1 aromatic carbocycles. The summed E-state index contributed by atoms with van der Waals surface area (Å²) in [5.41, 5.74) is 1.46. The van der Waals surface area contributed by atoms with E-state index in [0.717, 1.165) is 4.90 Å². The Morgan fingerprint density at radius 1 is 1.09 bits per heavy atom. The molecule has 0 radical (unpaired) electrons. The van der Waals surface area contributed by atoms with Crippen molar-refractivity contribution in [2.75, 3.05) is 6.54 Å². The quantitative estimate of drug-likeness (QED) is 0.486. The van der Waals surface area contributed by atoms with Gasteiger partial charge in [0.25, 0.3) is 11.8 Å². The summed E-state index contributed by atoms with van der Waals surface area (Å²) in [6.45, 7) is 3.49. The lowest BCUT2D eigenvalue weighted by Crippen LogP contribution is -2.33. The van der Waals surface area contributed by atoms with Crippen molar-refractivity contribution in [1.29, 1.82) is 0 Å². The molecular formula is C15H14N4O4. The number of hydrogen-bond donors (Lipinski definition) is 0. The molecule has 0 N–H and O–H groups in total. The minimum atomic E-state index is -0.476. The summed E-state index contributed by atoms with van der Waals surface area (Å²) < 4.78 is 1.46. The van der Waals surface area contributed by atoms with Crippen LogP contribution in [-0.4, -0.2) is 38.0 Å². The molecule has 2 heterocycles. The standard InChI is InChI=1S/C15H14N4O4/c1-9-13(19(22)23)10(2)18(16-9)8-7-17-14(20)11-5-3-4-6-12(11)15(17)21/h3-6H,7-8H2,1-2H3. The van der Waals surface area contributed by atoms with E-state index in [2.05, 4.69) is 5.10 Å². The van der Waals surface area contributed by atoms with Crippen LogP contribution in [0.15, 0.2) is 24.3 Å². The zero-order valence-electron chi connectivity index (χ0n) is 12.6. The van der Waals surface area contributed by atoms with Crippen molar-refractivity contribution in [3.63, 3.8) is 0 Å². The highest BCUT2D eigenvalue weighted by molar-refractivity contribution is 6.21. The molecule has 23 heavy (non-hydrogen) atoms. The summed E-state index contributed by atoms with van der Waals surface area (Å²) in [5, 5.41) is 15.1. The number of benzene rings is 1. The Hall–Kier alpha value is -3.03. The van der Waals surface area contributed by atoms with Gasteiger partial charge in [0.1, 0.15) is 11.4 Å². The molecule has 3 rings (SSSR count). The fraction of sp³-hybridized carbons (Fsp3) is 0.267. The van der Waals surface area contributed by atoms with E-state index < -0.39 is 4.92 Å². The van der Waals surface area contributed by atoms with Gasteiger partial charge in [-0.1, -0.05) is 12.1 Å². The molecule has 0 fully saturated rings. The van der Waals surface area contributed by atoms with Gasteiger partial charge in [-0.3, -0.25) is 29.3 Å². The minimum Gasteiger partial charge on any atom is -0.272 e. The van der Waals surface area contributed by atoms with Crippen LogP contribution >= 0.6 is 0 Å². The number of carbonyl (C=O) groups is 2. The molecule has 2 aromatic rings. The normalized spacial score (nSPS) is 13.6. The van der Waals surface area contributed by atoms with Crippen LogP contribution < -0.4 is 0 Å². The van der Waals surface area contributed by atoms with E-state index in [1.165, 1.54) is 4.68 Å². The van der Waals surface area contributed by atoms with Gasteiger partial charge in [0.2, 0.25) is 0 Å². The second-order valence-corrected chi connectivity index (χ2v) is 5.31. The molecule has 8 heteroatoms. The fourth-order valence-electron chi connectivity index (χ4n) is 2.81. The van der Waals surface area contributed by atoms with Gasteiger partial charge >= 0.3 is 5.69 Å². The molecule has 8 nitrogen and oxygen atoms in total. The molecule has 0 saturated carbocycles. The van der Waals surface area contributed by atoms with Crippen molar-refractivity contribution in [2.24, 2.45) is 0 Å². The van der Waals surface area contributed by atoms with Gasteiger partial charge in [0.05, 0.1) is 22.6 Å². The average molecular weight is 314 g/mol. The lowest BCUT2D eigenvalue weighted by molar-refractivity contribution is -0.386. The van der Waals surface area contributed by atoms with Gasteiger partial charge < -0.3 is 0 Å². The fourth-order valence-corrected chi connectivity index (χ4v) is 2.81. The molecule has 2 amide bonds. The summed E-state index contributed by atoms with van der Waals surface area (Å²) in [6, 6.07) is 6.64. The molecule has 0 saturated heterocycles. The zero-order valence-corrected chi connectivity index (χ0v) is 12.6. The van der Waals surface area contributed by atoms with Crippen LogP contribution in [0.25, 0.3) is 0 Å². The van der Waals surface area contributed by atoms with E-state index in [-0.39, 0.29) is 30.6 Å².